The fourth-order valence-corrected chi connectivity index (χ4v) is 1.95. The first-order valence-electron chi connectivity index (χ1n) is 6.51. The van der Waals surface area contributed by atoms with Crippen molar-refractivity contribution in [1.82, 2.24) is 15.2 Å². The Hall–Kier alpha value is -1.39. The van der Waals surface area contributed by atoms with Gasteiger partial charge in [-0.1, -0.05) is 6.92 Å². The predicted molar refractivity (Wildman–Crippen MR) is 69.3 cm³/mol. The molecule has 94 valence electrons. The molecule has 1 unspecified atom stereocenters. The van der Waals surface area contributed by atoms with E-state index in [1.165, 1.54) is 19.3 Å². The Kier molecular flexibility index (Phi) is 4.12. The molecule has 2 rings (SSSR count). The minimum atomic E-state index is 0.383. The fraction of sp³-hybridized carbons (Fsp3) is 0.750. The smallest absolute Gasteiger partial charge is 0.244 e. The number of rotatable bonds is 4. The molecule has 0 saturated carbocycles. The first-order chi connectivity index (χ1) is 8.29. The normalized spacial score (nSPS) is 17.9. The zero-order valence-corrected chi connectivity index (χ0v) is 10.7. The Morgan fingerprint density at radius 3 is 2.82 bits per heavy atom. The maximum absolute atomic E-state index is 4.53. The van der Waals surface area contributed by atoms with Gasteiger partial charge in [0.2, 0.25) is 5.95 Å². The van der Waals surface area contributed by atoms with E-state index in [1.54, 1.807) is 6.20 Å². The highest BCUT2D eigenvalue weighted by Crippen LogP contribution is 2.17. The molecule has 1 fully saturated rings. The average molecular weight is 235 g/mol. The van der Waals surface area contributed by atoms with Crippen molar-refractivity contribution >= 4 is 11.8 Å². The van der Waals surface area contributed by atoms with Gasteiger partial charge in [-0.3, -0.25) is 0 Å². The Morgan fingerprint density at radius 1 is 1.35 bits per heavy atom. The maximum Gasteiger partial charge on any atom is 0.244 e. The van der Waals surface area contributed by atoms with Gasteiger partial charge in [0.15, 0.2) is 5.82 Å². The number of nitrogens with zero attached hydrogens (tertiary/aromatic N) is 4. The molecule has 0 radical (unpaired) electrons. The molecule has 0 aliphatic carbocycles. The third kappa shape index (κ3) is 3.28. The summed E-state index contributed by atoms with van der Waals surface area (Å²) in [6, 6.07) is 0.383. The number of piperidine rings is 1. The lowest BCUT2D eigenvalue weighted by Gasteiger charge is -2.27. The van der Waals surface area contributed by atoms with Gasteiger partial charge in [-0.15, -0.1) is 5.10 Å². The molecule has 5 nitrogen and oxygen atoms in total. The molecule has 1 aromatic rings. The van der Waals surface area contributed by atoms with Gasteiger partial charge in [0, 0.05) is 19.1 Å². The van der Waals surface area contributed by atoms with E-state index in [-0.39, 0.29) is 0 Å². The van der Waals surface area contributed by atoms with E-state index in [0.717, 1.165) is 25.3 Å². The number of anilines is 2. The van der Waals surface area contributed by atoms with Crippen LogP contribution >= 0.6 is 0 Å². The summed E-state index contributed by atoms with van der Waals surface area (Å²) in [7, 11) is 0. The molecule has 0 aromatic carbocycles. The van der Waals surface area contributed by atoms with Gasteiger partial charge in [-0.2, -0.15) is 10.1 Å². The summed E-state index contributed by atoms with van der Waals surface area (Å²) >= 11 is 0. The highest BCUT2D eigenvalue weighted by molar-refractivity contribution is 5.40. The monoisotopic (exact) mass is 235 g/mol. The summed E-state index contributed by atoms with van der Waals surface area (Å²) in [4.78, 5) is 6.82. The van der Waals surface area contributed by atoms with Gasteiger partial charge in [0.25, 0.3) is 0 Å². The SMILES string of the molecule is CCC(C)Nc1nncc(N2CCCCC2)n1. The number of hydrogen-bond acceptors (Lipinski definition) is 5. The molecule has 1 saturated heterocycles. The van der Waals surface area contributed by atoms with Crippen LogP contribution in [0.2, 0.25) is 0 Å². The van der Waals surface area contributed by atoms with Crippen LogP contribution in [0.15, 0.2) is 6.20 Å². The van der Waals surface area contributed by atoms with Crippen molar-refractivity contribution in [2.45, 2.75) is 45.6 Å². The van der Waals surface area contributed by atoms with Crippen molar-refractivity contribution in [2.24, 2.45) is 0 Å². The molecule has 1 aliphatic rings. The molecule has 1 aliphatic heterocycles. The summed E-state index contributed by atoms with van der Waals surface area (Å²) in [6.45, 7) is 6.43. The van der Waals surface area contributed by atoms with Crippen molar-refractivity contribution < 1.29 is 0 Å². The van der Waals surface area contributed by atoms with Crippen LogP contribution < -0.4 is 10.2 Å². The number of aromatic nitrogens is 3. The fourth-order valence-electron chi connectivity index (χ4n) is 1.95. The number of nitrogens with one attached hydrogen (secondary N) is 1. The Morgan fingerprint density at radius 2 is 2.12 bits per heavy atom. The molecule has 1 atom stereocenters. The van der Waals surface area contributed by atoms with Crippen LogP contribution in [0.4, 0.5) is 11.8 Å². The second-order valence-electron chi connectivity index (χ2n) is 4.64. The van der Waals surface area contributed by atoms with Crippen molar-refractivity contribution in [1.29, 1.82) is 0 Å². The van der Waals surface area contributed by atoms with E-state index < -0.39 is 0 Å². The molecule has 17 heavy (non-hydrogen) atoms. The van der Waals surface area contributed by atoms with Gasteiger partial charge < -0.3 is 10.2 Å². The lowest BCUT2D eigenvalue weighted by Crippen LogP contribution is -2.30. The second kappa shape index (κ2) is 5.80. The van der Waals surface area contributed by atoms with Crippen LogP contribution in [0, 0.1) is 0 Å². The zero-order chi connectivity index (χ0) is 12.1. The first kappa shape index (κ1) is 12.1. The third-order valence-corrected chi connectivity index (χ3v) is 3.21. The molecule has 0 spiro atoms. The molecule has 2 heterocycles. The van der Waals surface area contributed by atoms with Crippen molar-refractivity contribution in [2.75, 3.05) is 23.3 Å². The van der Waals surface area contributed by atoms with Crippen LogP contribution in [0.25, 0.3) is 0 Å². The van der Waals surface area contributed by atoms with E-state index in [0.29, 0.717) is 12.0 Å². The molecule has 1 aromatic heterocycles. The Balaban J connectivity index is 2.05. The summed E-state index contributed by atoms with van der Waals surface area (Å²) in [5.41, 5.74) is 0. The molecule has 5 heteroatoms. The molecule has 0 amide bonds. The van der Waals surface area contributed by atoms with Gasteiger partial charge in [0.1, 0.15) is 0 Å². The largest absolute Gasteiger partial charge is 0.355 e. The maximum atomic E-state index is 4.53. The topological polar surface area (TPSA) is 53.9 Å². The van der Waals surface area contributed by atoms with Crippen LogP contribution in [0.1, 0.15) is 39.5 Å². The van der Waals surface area contributed by atoms with Crippen LogP contribution in [0.5, 0.6) is 0 Å². The van der Waals surface area contributed by atoms with E-state index >= 15 is 0 Å². The van der Waals surface area contributed by atoms with Crippen LogP contribution in [0.3, 0.4) is 0 Å². The average Bonchev–Trinajstić information content (AvgIpc) is 2.40. The molecular formula is C12H21N5. The summed E-state index contributed by atoms with van der Waals surface area (Å²) in [5.74, 6) is 1.59. The lowest BCUT2D eigenvalue weighted by atomic mass is 10.1. The molecule has 1 N–H and O–H groups in total. The first-order valence-corrected chi connectivity index (χ1v) is 6.51. The van der Waals surface area contributed by atoms with E-state index in [1.807, 2.05) is 0 Å². The van der Waals surface area contributed by atoms with Gasteiger partial charge >= 0.3 is 0 Å². The van der Waals surface area contributed by atoms with Crippen molar-refractivity contribution in [3.8, 4) is 0 Å². The zero-order valence-electron chi connectivity index (χ0n) is 10.7. The highest BCUT2D eigenvalue weighted by atomic mass is 15.3. The number of hydrogen-bond donors (Lipinski definition) is 1. The summed E-state index contributed by atoms with van der Waals surface area (Å²) in [5, 5.41) is 11.3. The van der Waals surface area contributed by atoms with Crippen molar-refractivity contribution in [3.05, 3.63) is 6.20 Å². The van der Waals surface area contributed by atoms with Crippen LogP contribution in [-0.2, 0) is 0 Å². The van der Waals surface area contributed by atoms with Crippen LogP contribution in [-0.4, -0.2) is 34.3 Å². The quantitative estimate of drug-likeness (QED) is 0.866. The third-order valence-electron chi connectivity index (χ3n) is 3.21. The van der Waals surface area contributed by atoms with E-state index in [9.17, 15) is 0 Å². The Bertz CT molecular complexity index is 349. The van der Waals surface area contributed by atoms with Gasteiger partial charge in [-0.25, -0.2) is 0 Å². The Labute approximate surface area is 103 Å². The molecule has 0 bridgehead atoms. The van der Waals surface area contributed by atoms with Crippen molar-refractivity contribution in [3.63, 3.8) is 0 Å². The minimum absolute atomic E-state index is 0.383. The predicted octanol–water partition coefficient (Wildman–Crippen LogP) is 2.07. The van der Waals surface area contributed by atoms with E-state index in [2.05, 4.69) is 39.2 Å². The summed E-state index contributed by atoms with van der Waals surface area (Å²) in [6.07, 6.45) is 6.63. The minimum Gasteiger partial charge on any atom is -0.355 e. The standard InChI is InChI=1S/C12H21N5/c1-3-10(2)14-12-15-11(9-13-16-12)17-7-5-4-6-8-17/h9-10H,3-8H2,1-2H3,(H,14,15,16). The van der Waals surface area contributed by atoms with Gasteiger partial charge in [-0.05, 0) is 32.6 Å². The highest BCUT2D eigenvalue weighted by Gasteiger charge is 2.13. The summed E-state index contributed by atoms with van der Waals surface area (Å²) < 4.78 is 0. The second-order valence-corrected chi connectivity index (χ2v) is 4.64. The van der Waals surface area contributed by atoms with E-state index in [4.69, 9.17) is 0 Å². The molecular weight excluding hydrogens is 214 g/mol. The lowest BCUT2D eigenvalue weighted by molar-refractivity contribution is 0.571. The van der Waals surface area contributed by atoms with Gasteiger partial charge in [0.05, 0.1) is 6.20 Å².